The van der Waals surface area contributed by atoms with Crippen LogP contribution in [-0.4, -0.2) is 52.4 Å². The van der Waals surface area contributed by atoms with Crippen molar-refractivity contribution in [3.63, 3.8) is 0 Å². The third-order valence-electron chi connectivity index (χ3n) is 4.70. The van der Waals surface area contributed by atoms with Gasteiger partial charge in [0.05, 0.1) is 11.0 Å². The lowest BCUT2D eigenvalue weighted by molar-refractivity contribution is 0.0205. The number of carbonyl (C=O) groups excluding carboxylic acids is 2. The average Bonchev–Trinajstić information content (AvgIpc) is 3.08. The first-order valence-electron chi connectivity index (χ1n) is 9.77. The second-order valence-corrected chi connectivity index (χ2v) is 8.09. The molecule has 0 saturated carbocycles. The minimum absolute atomic E-state index is 0.139. The van der Waals surface area contributed by atoms with Crippen LogP contribution in [0.25, 0.3) is 11.0 Å². The summed E-state index contributed by atoms with van der Waals surface area (Å²) in [7, 11) is 0. The normalized spacial score (nSPS) is 15.2. The van der Waals surface area contributed by atoms with Gasteiger partial charge in [-0.3, -0.25) is 5.32 Å². The average molecular weight is 400 g/mol. The van der Waals surface area contributed by atoms with Crippen molar-refractivity contribution in [2.24, 2.45) is 0 Å². The van der Waals surface area contributed by atoms with Crippen LogP contribution in [0, 0.1) is 0 Å². The third-order valence-corrected chi connectivity index (χ3v) is 4.70. The Morgan fingerprint density at radius 1 is 1.34 bits per heavy atom. The van der Waals surface area contributed by atoms with Crippen molar-refractivity contribution < 1.29 is 19.1 Å². The highest BCUT2D eigenvalue weighted by Gasteiger charge is 2.28. The summed E-state index contributed by atoms with van der Waals surface area (Å²) in [5.74, 6) is 0.705. The number of carbonyl (C=O) groups is 2. The Morgan fingerprint density at radius 3 is 2.72 bits per heavy atom. The smallest absolute Gasteiger partial charge is 0.413 e. The lowest BCUT2D eigenvalue weighted by Crippen LogP contribution is -2.41. The number of rotatable bonds is 4. The number of anilines is 1. The molecule has 0 atom stereocenters. The number of pyridine rings is 1. The molecule has 0 spiro atoms. The maximum absolute atomic E-state index is 12.3. The van der Waals surface area contributed by atoms with Gasteiger partial charge in [-0.2, -0.15) is 0 Å². The molecule has 3 heterocycles. The van der Waals surface area contributed by atoms with E-state index in [2.05, 4.69) is 21.9 Å². The van der Waals surface area contributed by atoms with Crippen LogP contribution in [0.1, 0.15) is 45.1 Å². The zero-order chi connectivity index (χ0) is 21.0. The van der Waals surface area contributed by atoms with Crippen molar-refractivity contribution >= 4 is 29.0 Å². The zero-order valence-electron chi connectivity index (χ0n) is 17.2. The van der Waals surface area contributed by atoms with E-state index in [1.54, 1.807) is 11.0 Å². The molecule has 0 unspecified atom stereocenters. The molecule has 0 aliphatic carbocycles. The van der Waals surface area contributed by atoms with Gasteiger partial charge in [0, 0.05) is 19.3 Å². The van der Waals surface area contributed by atoms with Crippen molar-refractivity contribution in [3.8, 4) is 0 Å². The minimum atomic E-state index is -0.570. The Balaban J connectivity index is 1.67. The minimum Gasteiger partial charge on any atom is -0.445 e. The maximum Gasteiger partial charge on any atom is 0.413 e. The van der Waals surface area contributed by atoms with Gasteiger partial charge in [0.15, 0.2) is 0 Å². The van der Waals surface area contributed by atoms with Gasteiger partial charge < -0.3 is 19.4 Å². The van der Waals surface area contributed by atoms with Gasteiger partial charge in [0.2, 0.25) is 0 Å². The largest absolute Gasteiger partial charge is 0.445 e. The lowest BCUT2D eigenvalue weighted by Gasteiger charge is -2.33. The molecule has 29 heavy (non-hydrogen) atoms. The number of aromatic nitrogens is 2. The number of piperidine rings is 1. The first-order valence-corrected chi connectivity index (χ1v) is 9.77. The maximum atomic E-state index is 12.3. The fraction of sp³-hybridized carbons (Fsp3) is 0.476. The molecular weight excluding hydrogens is 372 g/mol. The van der Waals surface area contributed by atoms with E-state index in [-0.39, 0.29) is 18.6 Å². The van der Waals surface area contributed by atoms with Crippen LogP contribution in [0.15, 0.2) is 31.0 Å². The van der Waals surface area contributed by atoms with Crippen molar-refractivity contribution in [1.29, 1.82) is 0 Å². The number of ether oxygens (including phenoxy) is 2. The molecule has 2 aromatic heterocycles. The van der Waals surface area contributed by atoms with Crippen LogP contribution in [0.4, 0.5) is 15.4 Å². The number of nitrogens with one attached hydrogen (secondary N) is 2. The topological polar surface area (TPSA) is 96.6 Å². The molecule has 0 bridgehead atoms. The van der Waals surface area contributed by atoms with Crippen LogP contribution < -0.4 is 5.32 Å². The molecule has 156 valence electrons. The Hall–Kier alpha value is -3.03. The summed E-state index contributed by atoms with van der Waals surface area (Å²) in [6.45, 7) is 10.5. The van der Waals surface area contributed by atoms with Crippen LogP contribution in [-0.2, 0) is 9.47 Å². The van der Waals surface area contributed by atoms with Gasteiger partial charge in [0.25, 0.3) is 0 Å². The quantitative estimate of drug-likeness (QED) is 0.741. The van der Waals surface area contributed by atoms with E-state index in [4.69, 9.17) is 9.47 Å². The Labute approximate surface area is 170 Å². The number of fused-ring (bicyclic) bond motifs is 1. The molecule has 8 nitrogen and oxygen atoms in total. The fourth-order valence-electron chi connectivity index (χ4n) is 3.38. The Bertz CT molecular complexity index is 892. The van der Waals surface area contributed by atoms with E-state index in [1.807, 2.05) is 33.0 Å². The molecule has 1 saturated heterocycles. The summed E-state index contributed by atoms with van der Waals surface area (Å²) >= 11 is 0. The number of hydrogen-bond donors (Lipinski definition) is 2. The van der Waals surface area contributed by atoms with E-state index in [0.29, 0.717) is 18.9 Å². The summed E-state index contributed by atoms with van der Waals surface area (Å²) in [5, 5.41) is 2.63. The van der Waals surface area contributed by atoms with Gasteiger partial charge in [-0.05, 0) is 57.2 Å². The van der Waals surface area contributed by atoms with Crippen molar-refractivity contribution in [2.45, 2.75) is 45.1 Å². The molecule has 1 aliphatic rings. The first kappa shape index (κ1) is 20.7. The molecule has 2 N–H and O–H groups in total. The number of hydrogen-bond acceptors (Lipinski definition) is 5. The molecule has 0 radical (unpaired) electrons. The van der Waals surface area contributed by atoms with E-state index < -0.39 is 11.7 Å². The van der Waals surface area contributed by atoms with Crippen molar-refractivity contribution in [2.75, 3.05) is 25.0 Å². The monoisotopic (exact) mass is 400 g/mol. The second kappa shape index (κ2) is 8.55. The molecule has 2 amide bonds. The van der Waals surface area contributed by atoms with Crippen molar-refractivity contribution in [1.82, 2.24) is 14.9 Å². The number of likely N-dealkylation sites (tertiary alicyclic amines) is 1. The van der Waals surface area contributed by atoms with E-state index >= 15 is 0 Å². The van der Waals surface area contributed by atoms with E-state index in [1.165, 1.54) is 6.08 Å². The van der Waals surface area contributed by atoms with Gasteiger partial charge in [-0.15, -0.1) is 0 Å². The summed E-state index contributed by atoms with van der Waals surface area (Å²) in [6.07, 6.45) is 4.28. The van der Waals surface area contributed by atoms with Crippen LogP contribution in [0.5, 0.6) is 0 Å². The Morgan fingerprint density at radius 2 is 2.07 bits per heavy atom. The van der Waals surface area contributed by atoms with Crippen molar-refractivity contribution in [3.05, 3.63) is 36.5 Å². The highest BCUT2D eigenvalue weighted by Crippen LogP contribution is 2.33. The van der Waals surface area contributed by atoms with Gasteiger partial charge in [-0.1, -0.05) is 12.7 Å². The summed E-state index contributed by atoms with van der Waals surface area (Å²) in [5.41, 5.74) is 2.32. The van der Waals surface area contributed by atoms with Crippen LogP contribution in [0.3, 0.4) is 0 Å². The standard InChI is InChI=1S/C21H28N4O4/c1-5-12-28-19(26)24-17-7-6-16-18(23-17)15(13-22-16)14-8-10-25(11-9-14)20(27)29-21(2,3)4/h5-7,13-14,22H,1,8-12H2,2-4H3,(H,23,24,26). The molecule has 1 aliphatic heterocycles. The van der Waals surface area contributed by atoms with Gasteiger partial charge in [0.1, 0.15) is 18.0 Å². The molecule has 8 heteroatoms. The second-order valence-electron chi connectivity index (χ2n) is 8.09. The highest BCUT2D eigenvalue weighted by atomic mass is 16.6. The van der Waals surface area contributed by atoms with Gasteiger partial charge >= 0.3 is 12.2 Å². The summed E-state index contributed by atoms with van der Waals surface area (Å²) < 4.78 is 10.4. The molecule has 0 aromatic carbocycles. The van der Waals surface area contributed by atoms with E-state index in [0.717, 1.165) is 29.4 Å². The molecule has 1 fully saturated rings. The van der Waals surface area contributed by atoms with E-state index in [9.17, 15) is 9.59 Å². The molecule has 3 rings (SSSR count). The first-order chi connectivity index (χ1) is 13.8. The van der Waals surface area contributed by atoms with Crippen LogP contribution in [0.2, 0.25) is 0 Å². The predicted octanol–water partition coefficient (Wildman–Crippen LogP) is 4.41. The lowest BCUT2D eigenvalue weighted by atomic mass is 9.90. The third kappa shape index (κ3) is 5.28. The van der Waals surface area contributed by atoms with Gasteiger partial charge in [-0.25, -0.2) is 14.6 Å². The fourth-order valence-corrected chi connectivity index (χ4v) is 3.38. The zero-order valence-corrected chi connectivity index (χ0v) is 17.2. The number of aromatic amines is 1. The highest BCUT2D eigenvalue weighted by molar-refractivity contribution is 5.87. The molecule has 2 aromatic rings. The SMILES string of the molecule is C=CCOC(=O)Nc1ccc2[nH]cc(C3CCN(C(=O)OC(C)(C)C)CC3)c2n1. The molecular formula is C21H28N4O4. The Kier molecular flexibility index (Phi) is 6.10. The summed E-state index contributed by atoms with van der Waals surface area (Å²) in [6, 6.07) is 3.60. The number of H-pyrrole nitrogens is 1. The number of amides is 2. The number of nitrogens with zero attached hydrogens (tertiary/aromatic N) is 2. The predicted molar refractivity (Wildman–Crippen MR) is 111 cm³/mol. The van der Waals surface area contributed by atoms with Crippen LogP contribution >= 0.6 is 0 Å². The summed E-state index contributed by atoms with van der Waals surface area (Å²) in [4.78, 5) is 33.6.